The van der Waals surface area contributed by atoms with E-state index in [0.717, 1.165) is 5.75 Å². The molecule has 1 aromatic heterocycles. The molecule has 7 heteroatoms. The van der Waals surface area contributed by atoms with Gasteiger partial charge in [-0.1, -0.05) is 55.9 Å². The fraction of sp³-hybridized carbons (Fsp3) is 0.263. The highest BCUT2D eigenvalue weighted by Crippen LogP contribution is 2.23. The number of thioether (sulfide) groups is 1. The largest absolute Gasteiger partial charge is 0.486 e. The van der Waals surface area contributed by atoms with E-state index in [0.29, 0.717) is 28.2 Å². The van der Waals surface area contributed by atoms with E-state index in [1.807, 2.05) is 24.3 Å². The average molecular weight is 372 g/mol. The molecule has 0 fully saturated rings. The predicted molar refractivity (Wildman–Crippen MR) is 101 cm³/mol. The summed E-state index contributed by atoms with van der Waals surface area (Å²) in [5.74, 6) is 7.95. The lowest BCUT2D eigenvalue weighted by Gasteiger charge is -2.09. The minimum atomic E-state index is -0.239. The third-order valence-corrected chi connectivity index (χ3v) is 4.96. The van der Waals surface area contributed by atoms with Crippen LogP contribution in [0.3, 0.4) is 0 Å². The molecular weight excluding hydrogens is 351 g/mol. The molecule has 26 heavy (non-hydrogen) atoms. The second-order valence-electron chi connectivity index (χ2n) is 6.16. The zero-order valence-corrected chi connectivity index (χ0v) is 15.5. The summed E-state index contributed by atoms with van der Waals surface area (Å²) in [6.07, 6.45) is 0. The Morgan fingerprint density at radius 3 is 2.54 bits per heavy atom. The Hall–Kier alpha value is -2.54. The number of benzene rings is 2. The van der Waals surface area contributed by atoms with Gasteiger partial charge in [0.15, 0.2) is 5.82 Å². The summed E-state index contributed by atoms with van der Waals surface area (Å²) < 4.78 is 20.8. The molecule has 0 aliphatic rings. The fourth-order valence-corrected chi connectivity index (χ4v) is 3.22. The highest BCUT2D eigenvalue weighted by molar-refractivity contribution is 7.98. The van der Waals surface area contributed by atoms with Gasteiger partial charge in [-0.05, 0) is 35.2 Å². The van der Waals surface area contributed by atoms with Crippen molar-refractivity contribution in [1.29, 1.82) is 0 Å². The number of halogens is 1. The van der Waals surface area contributed by atoms with E-state index in [1.54, 1.807) is 18.2 Å². The Morgan fingerprint density at radius 1 is 1.12 bits per heavy atom. The quantitative estimate of drug-likeness (QED) is 0.499. The highest BCUT2D eigenvalue weighted by atomic mass is 32.2. The second kappa shape index (κ2) is 8.23. The summed E-state index contributed by atoms with van der Waals surface area (Å²) in [6.45, 7) is 4.51. The van der Waals surface area contributed by atoms with Gasteiger partial charge in [-0.15, -0.1) is 10.2 Å². The van der Waals surface area contributed by atoms with Gasteiger partial charge in [0.25, 0.3) is 0 Å². The third-order valence-electron chi connectivity index (χ3n) is 3.96. The number of ether oxygens (including phenoxy) is 1. The van der Waals surface area contributed by atoms with Gasteiger partial charge in [0, 0.05) is 5.75 Å². The maximum Gasteiger partial charge on any atom is 0.210 e. The molecule has 0 aliphatic carbocycles. The summed E-state index contributed by atoms with van der Waals surface area (Å²) in [7, 11) is 0. The van der Waals surface area contributed by atoms with Gasteiger partial charge in [-0.25, -0.2) is 9.07 Å². The number of hydrogen-bond donors (Lipinski definition) is 1. The van der Waals surface area contributed by atoms with Crippen molar-refractivity contribution in [2.24, 2.45) is 0 Å². The maximum atomic E-state index is 13.7. The lowest BCUT2D eigenvalue weighted by molar-refractivity contribution is 0.291. The summed E-state index contributed by atoms with van der Waals surface area (Å²) in [5.41, 5.74) is 1.86. The summed E-state index contributed by atoms with van der Waals surface area (Å²) in [5, 5.41) is 8.63. The van der Waals surface area contributed by atoms with Crippen molar-refractivity contribution >= 4 is 11.8 Å². The van der Waals surface area contributed by atoms with E-state index in [1.165, 1.54) is 28.1 Å². The molecule has 3 aromatic rings. The van der Waals surface area contributed by atoms with Crippen LogP contribution < -0.4 is 10.6 Å². The lowest BCUT2D eigenvalue weighted by Crippen LogP contribution is -2.15. The van der Waals surface area contributed by atoms with E-state index < -0.39 is 0 Å². The molecule has 0 bridgehead atoms. The standard InChI is InChI=1S/C19H21FN4OS/c1-13(2)14-7-9-16(10-8-14)25-11-18-22-23-19(24(18)21)26-12-15-5-3-4-6-17(15)20/h3-10,13H,11-12,21H2,1-2H3. The van der Waals surface area contributed by atoms with Crippen LogP contribution in [0.5, 0.6) is 5.75 Å². The van der Waals surface area contributed by atoms with Crippen LogP contribution in [0.2, 0.25) is 0 Å². The van der Waals surface area contributed by atoms with E-state index in [-0.39, 0.29) is 12.4 Å². The molecule has 2 aromatic carbocycles. The van der Waals surface area contributed by atoms with Gasteiger partial charge in [0.2, 0.25) is 5.16 Å². The monoisotopic (exact) mass is 372 g/mol. The van der Waals surface area contributed by atoms with Crippen molar-refractivity contribution in [3.63, 3.8) is 0 Å². The first-order chi connectivity index (χ1) is 12.5. The number of nitrogens with two attached hydrogens (primary N) is 1. The second-order valence-corrected chi connectivity index (χ2v) is 7.10. The van der Waals surface area contributed by atoms with Crippen LogP contribution in [0.25, 0.3) is 0 Å². The lowest BCUT2D eigenvalue weighted by atomic mass is 10.0. The van der Waals surface area contributed by atoms with Gasteiger partial charge >= 0.3 is 0 Å². The van der Waals surface area contributed by atoms with E-state index in [2.05, 4.69) is 24.0 Å². The Bertz CT molecular complexity index is 864. The molecule has 0 spiro atoms. The first-order valence-corrected chi connectivity index (χ1v) is 9.31. The third kappa shape index (κ3) is 4.35. The minimum Gasteiger partial charge on any atom is -0.486 e. The molecule has 5 nitrogen and oxygen atoms in total. The number of aromatic nitrogens is 3. The molecule has 1 heterocycles. The molecule has 0 radical (unpaired) electrons. The number of nitrogen functional groups attached to an aromatic ring is 1. The Kier molecular flexibility index (Phi) is 5.78. The number of rotatable bonds is 7. The van der Waals surface area contributed by atoms with Crippen LogP contribution in [-0.2, 0) is 12.4 Å². The molecular formula is C19H21FN4OS. The topological polar surface area (TPSA) is 66.0 Å². The molecule has 0 saturated heterocycles. The van der Waals surface area contributed by atoms with Crippen LogP contribution >= 0.6 is 11.8 Å². The van der Waals surface area contributed by atoms with Gasteiger partial charge in [-0.2, -0.15) is 0 Å². The Labute approximate surface area is 156 Å². The maximum absolute atomic E-state index is 13.7. The molecule has 0 unspecified atom stereocenters. The zero-order valence-electron chi connectivity index (χ0n) is 14.7. The molecule has 0 atom stereocenters. The summed E-state index contributed by atoms with van der Waals surface area (Å²) >= 11 is 1.33. The number of hydrogen-bond acceptors (Lipinski definition) is 5. The van der Waals surface area contributed by atoms with E-state index >= 15 is 0 Å². The van der Waals surface area contributed by atoms with Crippen molar-refractivity contribution in [1.82, 2.24) is 14.9 Å². The van der Waals surface area contributed by atoms with E-state index in [4.69, 9.17) is 10.6 Å². The molecule has 3 rings (SSSR count). The van der Waals surface area contributed by atoms with Crippen LogP contribution in [-0.4, -0.2) is 14.9 Å². The van der Waals surface area contributed by atoms with Crippen molar-refractivity contribution < 1.29 is 9.13 Å². The zero-order chi connectivity index (χ0) is 18.5. The van der Waals surface area contributed by atoms with Gasteiger partial charge in [0.1, 0.15) is 18.2 Å². The van der Waals surface area contributed by atoms with E-state index in [9.17, 15) is 4.39 Å². The molecule has 2 N–H and O–H groups in total. The Morgan fingerprint density at radius 2 is 1.85 bits per heavy atom. The first-order valence-electron chi connectivity index (χ1n) is 8.33. The van der Waals surface area contributed by atoms with Crippen molar-refractivity contribution in [3.05, 3.63) is 71.3 Å². The predicted octanol–water partition coefficient (Wildman–Crippen LogP) is 4.13. The molecule has 0 amide bonds. The number of nitrogens with zero attached hydrogens (tertiary/aromatic N) is 3. The average Bonchev–Trinajstić information content (AvgIpc) is 2.99. The van der Waals surface area contributed by atoms with Crippen LogP contribution in [0.1, 0.15) is 36.7 Å². The summed E-state index contributed by atoms with van der Waals surface area (Å²) in [4.78, 5) is 0. The van der Waals surface area contributed by atoms with Crippen molar-refractivity contribution in [2.45, 2.75) is 37.3 Å². The smallest absolute Gasteiger partial charge is 0.210 e. The van der Waals surface area contributed by atoms with Crippen molar-refractivity contribution in [2.75, 3.05) is 5.84 Å². The molecule has 136 valence electrons. The van der Waals surface area contributed by atoms with Gasteiger partial charge in [0.05, 0.1) is 0 Å². The van der Waals surface area contributed by atoms with Gasteiger partial charge in [-0.3, -0.25) is 0 Å². The molecule has 0 saturated carbocycles. The normalized spacial score (nSPS) is 11.1. The fourth-order valence-electron chi connectivity index (χ4n) is 2.36. The van der Waals surface area contributed by atoms with Crippen LogP contribution in [0.15, 0.2) is 53.7 Å². The SMILES string of the molecule is CC(C)c1ccc(OCc2nnc(SCc3ccccc3F)n2N)cc1. The molecule has 0 aliphatic heterocycles. The Balaban J connectivity index is 1.59. The van der Waals surface area contributed by atoms with Crippen LogP contribution in [0.4, 0.5) is 4.39 Å². The van der Waals surface area contributed by atoms with Gasteiger partial charge < -0.3 is 10.6 Å². The first kappa shape index (κ1) is 18.3. The highest BCUT2D eigenvalue weighted by Gasteiger charge is 2.12. The van der Waals surface area contributed by atoms with Crippen LogP contribution in [0, 0.1) is 5.82 Å². The summed E-state index contributed by atoms with van der Waals surface area (Å²) in [6, 6.07) is 14.6. The van der Waals surface area contributed by atoms with Crippen molar-refractivity contribution in [3.8, 4) is 5.75 Å². The minimum absolute atomic E-state index is 0.213.